The highest BCUT2D eigenvalue weighted by atomic mass is 35.5. The first kappa shape index (κ1) is 22.6. The number of hydrogen-bond acceptors (Lipinski definition) is 5. The van der Waals surface area contributed by atoms with E-state index >= 15 is 0 Å². The zero-order valence-corrected chi connectivity index (χ0v) is 19.1. The molecule has 0 amide bonds. The summed E-state index contributed by atoms with van der Waals surface area (Å²) < 4.78 is 3.38. The molecule has 4 heterocycles. The van der Waals surface area contributed by atoms with E-state index in [4.69, 9.17) is 5.73 Å². The van der Waals surface area contributed by atoms with Gasteiger partial charge in [0, 0.05) is 38.7 Å². The largest absolute Gasteiger partial charge is 0.383 e. The first-order valence-corrected chi connectivity index (χ1v) is 10.5. The Balaban J connectivity index is 0.00000128. The van der Waals surface area contributed by atoms with Crippen molar-refractivity contribution in [1.82, 2.24) is 20.1 Å². The lowest BCUT2D eigenvalue weighted by Gasteiger charge is -2.22. The molecule has 5 nitrogen and oxygen atoms in total. The second-order valence-electron chi connectivity index (χ2n) is 7.40. The van der Waals surface area contributed by atoms with Gasteiger partial charge in [0.15, 0.2) is 0 Å². The van der Waals surface area contributed by atoms with Crippen molar-refractivity contribution < 1.29 is 0 Å². The fourth-order valence-electron chi connectivity index (χ4n) is 4.00. The molecule has 158 valence electrons. The van der Waals surface area contributed by atoms with Crippen molar-refractivity contribution in [2.75, 3.05) is 18.8 Å². The Labute approximate surface area is 192 Å². The van der Waals surface area contributed by atoms with E-state index in [-0.39, 0.29) is 24.8 Å². The van der Waals surface area contributed by atoms with Gasteiger partial charge in [-0.15, -0.1) is 36.2 Å². The number of anilines is 1. The van der Waals surface area contributed by atoms with E-state index in [1.165, 1.54) is 20.5 Å². The van der Waals surface area contributed by atoms with Gasteiger partial charge < -0.3 is 11.1 Å². The number of nitrogens with zero attached hydrogens (tertiary/aromatic N) is 3. The Hall–Kier alpha value is -2.12. The van der Waals surface area contributed by atoms with E-state index in [1.807, 2.05) is 12.4 Å². The molecule has 5 rings (SSSR count). The number of fused-ring (bicyclic) bond motifs is 1. The normalized spacial score (nSPS) is 14.3. The number of rotatable bonds is 3. The van der Waals surface area contributed by atoms with Crippen molar-refractivity contribution in [3.05, 3.63) is 54.5 Å². The Morgan fingerprint density at radius 3 is 2.63 bits per heavy atom. The molecule has 30 heavy (non-hydrogen) atoms. The third kappa shape index (κ3) is 4.05. The monoisotopic (exact) mass is 461 g/mol. The molecular weight excluding hydrogens is 437 g/mol. The maximum Gasteiger partial charge on any atom is 0.132 e. The Kier molecular flexibility index (Phi) is 7.03. The zero-order valence-electron chi connectivity index (χ0n) is 16.7. The van der Waals surface area contributed by atoms with E-state index in [0.717, 1.165) is 42.6 Å². The molecule has 1 aliphatic rings. The lowest BCUT2D eigenvalue weighted by Crippen LogP contribution is -2.29. The number of nitrogens with two attached hydrogens (primary N) is 1. The van der Waals surface area contributed by atoms with Crippen LogP contribution in [0, 0.1) is 6.92 Å². The summed E-state index contributed by atoms with van der Waals surface area (Å²) in [5.41, 5.74) is 10.7. The molecule has 3 aromatic heterocycles. The van der Waals surface area contributed by atoms with Gasteiger partial charge in [0.1, 0.15) is 5.82 Å². The molecule has 1 fully saturated rings. The van der Waals surface area contributed by atoms with Crippen LogP contribution in [0.5, 0.6) is 0 Å². The first-order valence-electron chi connectivity index (χ1n) is 9.70. The van der Waals surface area contributed by atoms with Gasteiger partial charge in [-0.1, -0.05) is 18.2 Å². The van der Waals surface area contributed by atoms with Gasteiger partial charge in [-0.25, -0.2) is 4.98 Å². The van der Waals surface area contributed by atoms with Crippen LogP contribution in [0.1, 0.15) is 24.4 Å². The summed E-state index contributed by atoms with van der Waals surface area (Å²) in [5, 5.41) is 9.32. The third-order valence-corrected chi connectivity index (χ3v) is 6.93. The van der Waals surface area contributed by atoms with Crippen molar-refractivity contribution in [2.24, 2.45) is 0 Å². The summed E-state index contributed by atoms with van der Waals surface area (Å²) in [4.78, 5) is 5.70. The van der Waals surface area contributed by atoms with E-state index in [9.17, 15) is 0 Å². The van der Waals surface area contributed by atoms with E-state index in [0.29, 0.717) is 11.9 Å². The zero-order chi connectivity index (χ0) is 19.1. The predicted molar refractivity (Wildman–Crippen MR) is 131 cm³/mol. The number of pyridine rings is 1. The van der Waals surface area contributed by atoms with Crippen molar-refractivity contribution >= 4 is 52.1 Å². The number of benzene rings is 1. The average molecular weight is 462 g/mol. The van der Waals surface area contributed by atoms with Crippen LogP contribution in [0.2, 0.25) is 0 Å². The van der Waals surface area contributed by atoms with E-state index in [2.05, 4.69) is 63.5 Å². The number of thiophene rings is 1. The molecule has 0 radical (unpaired) electrons. The fraction of sp³-hybridized carbons (Fsp3) is 0.273. The topological polar surface area (TPSA) is 68.8 Å². The summed E-state index contributed by atoms with van der Waals surface area (Å²) in [7, 11) is 0. The highest BCUT2D eigenvalue weighted by molar-refractivity contribution is 7.22. The van der Waals surface area contributed by atoms with Gasteiger partial charge in [0.05, 0.1) is 12.2 Å². The van der Waals surface area contributed by atoms with Crippen LogP contribution in [0.15, 0.2) is 48.9 Å². The number of aryl methyl sites for hydroxylation is 1. The molecule has 1 aliphatic heterocycles. The van der Waals surface area contributed by atoms with Crippen LogP contribution < -0.4 is 11.1 Å². The van der Waals surface area contributed by atoms with Crippen molar-refractivity contribution in [3.63, 3.8) is 0 Å². The van der Waals surface area contributed by atoms with Crippen LogP contribution in [-0.2, 0) is 0 Å². The van der Waals surface area contributed by atoms with Gasteiger partial charge >= 0.3 is 0 Å². The van der Waals surface area contributed by atoms with Crippen molar-refractivity contribution in [3.8, 4) is 21.6 Å². The number of hydrogen-bond donors (Lipinski definition) is 2. The number of aromatic nitrogens is 3. The summed E-state index contributed by atoms with van der Waals surface area (Å²) in [6, 6.07) is 11.1. The van der Waals surface area contributed by atoms with Crippen LogP contribution in [0.3, 0.4) is 0 Å². The summed E-state index contributed by atoms with van der Waals surface area (Å²) in [6.45, 7) is 4.27. The quantitative estimate of drug-likeness (QED) is 0.423. The van der Waals surface area contributed by atoms with Crippen LogP contribution >= 0.6 is 36.2 Å². The van der Waals surface area contributed by atoms with Gasteiger partial charge in [-0.05, 0) is 55.9 Å². The van der Waals surface area contributed by atoms with Crippen molar-refractivity contribution in [2.45, 2.75) is 25.8 Å². The molecule has 3 N–H and O–H groups in total. The minimum Gasteiger partial charge on any atom is -0.383 e. The van der Waals surface area contributed by atoms with E-state index in [1.54, 1.807) is 11.3 Å². The average Bonchev–Trinajstić information content (AvgIpc) is 3.35. The van der Waals surface area contributed by atoms with Crippen LogP contribution in [-0.4, -0.2) is 27.9 Å². The standard InChI is InChI=1S/C22H23N5S.2ClH/c1-14-18-4-2-3-5-20(18)28-21(14)19-10-15(11-25-22(19)23)16-12-26-27(13-16)17-6-8-24-9-7-17;;/h2-5,10-13,17,24H,6-9H2,1H3,(H2,23,25);2*1H. The minimum atomic E-state index is 0. The molecule has 1 aromatic carbocycles. The lowest BCUT2D eigenvalue weighted by molar-refractivity contribution is 0.343. The summed E-state index contributed by atoms with van der Waals surface area (Å²) in [6.07, 6.45) is 8.17. The molecule has 0 saturated carbocycles. The fourth-order valence-corrected chi connectivity index (χ4v) is 5.24. The summed E-state index contributed by atoms with van der Waals surface area (Å²) >= 11 is 1.78. The maximum atomic E-state index is 6.28. The predicted octanol–water partition coefficient (Wildman–Crippen LogP) is 5.49. The number of piperidine rings is 1. The smallest absolute Gasteiger partial charge is 0.132 e. The molecule has 0 bridgehead atoms. The van der Waals surface area contributed by atoms with Crippen molar-refractivity contribution in [1.29, 1.82) is 0 Å². The number of nitrogen functional groups attached to an aromatic ring is 1. The minimum absolute atomic E-state index is 0. The lowest BCUT2D eigenvalue weighted by atomic mass is 10.0. The molecule has 0 aliphatic carbocycles. The van der Waals surface area contributed by atoms with Gasteiger partial charge in [-0.2, -0.15) is 5.10 Å². The Morgan fingerprint density at radius 1 is 1.10 bits per heavy atom. The van der Waals surface area contributed by atoms with Gasteiger partial charge in [-0.3, -0.25) is 4.68 Å². The van der Waals surface area contributed by atoms with Crippen LogP contribution in [0.4, 0.5) is 5.82 Å². The molecule has 8 heteroatoms. The second-order valence-corrected chi connectivity index (χ2v) is 8.45. The maximum absolute atomic E-state index is 6.28. The van der Waals surface area contributed by atoms with Gasteiger partial charge in [0.2, 0.25) is 0 Å². The Bertz CT molecular complexity index is 1150. The second kappa shape index (κ2) is 9.35. The summed E-state index contributed by atoms with van der Waals surface area (Å²) in [5.74, 6) is 0.573. The first-order chi connectivity index (χ1) is 13.7. The van der Waals surface area contributed by atoms with E-state index < -0.39 is 0 Å². The number of halogens is 2. The molecule has 0 unspecified atom stereocenters. The van der Waals surface area contributed by atoms with Gasteiger partial charge in [0.25, 0.3) is 0 Å². The molecule has 4 aromatic rings. The third-order valence-electron chi connectivity index (χ3n) is 5.62. The van der Waals surface area contributed by atoms with Crippen LogP contribution in [0.25, 0.3) is 31.7 Å². The number of nitrogens with one attached hydrogen (secondary N) is 1. The molecular formula is C22H25Cl2N5S. The Morgan fingerprint density at radius 2 is 1.87 bits per heavy atom. The highest BCUT2D eigenvalue weighted by Gasteiger charge is 2.18. The SMILES string of the molecule is Cc1c(-c2cc(-c3cnn(C4CCNCC4)c3)cnc2N)sc2ccccc12.Cl.Cl. The highest BCUT2D eigenvalue weighted by Crippen LogP contribution is 2.41. The molecule has 0 spiro atoms. The molecule has 0 atom stereocenters. The molecule has 1 saturated heterocycles.